The number of aryl methyl sites for hydroxylation is 2. The van der Waals surface area contributed by atoms with E-state index >= 15 is 0 Å². The van der Waals surface area contributed by atoms with Gasteiger partial charge in [0.15, 0.2) is 5.78 Å². The number of hydrogen-bond acceptors (Lipinski definition) is 23. The van der Waals surface area contributed by atoms with Crippen LogP contribution in [0.1, 0.15) is 155 Å². The summed E-state index contributed by atoms with van der Waals surface area (Å²) in [6.45, 7) is 30.2. The van der Waals surface area contributed by atoms with Gasteiger partial charge in [-0.3, -0.25) is 33.5 Å². The molecule has 117 heavy (non-hydrogen) atoms. The molecule has 35 heteroatoms. The van der Waals surface area contributed by atoms with Gasteiger partial charge < -0.3 is 24.4 Å². The number of hydrogen-bond donors (Lipinski definition) is 6. The molecule has 0 aromatic heterocycles. The average molecular weight is 1740 g/mol. The highest BCUT2D eigenvalue weighted by molar-refractivity contribution is 7.94. The lowest BCUT2D eigenvalue weighted by Crippen LogP contribution is -2.42. The summed E-state index contributed by atoms with van der Waals surface area (Å²) in [6, 6.07) is 41.2. The summed E-state index contributed by atoms with van der Waals surface area (Å²) < 4.78 is 96.9. The zero-order valence-corrected chi connectivity index (χ0v) is 73.1. The Kier molecular flexibility index (Phi) is 52.8. The Hall–Kier alpha value is -9.34. The predicted molar refractivity (Wildman–Crippen MR) is 460 cm³/mol. The number of amides is 4. The first kappa shape index (κ1) is 106. The number of sulfonamides is 3. The maximum atomic E-state index is 12.2. The first-order valence-corrected chi connectivity index (χ1v) is 43.5. The summed E-state index contributed by atoms with van der Waals surface area (Å²) in [5, 5.41) is 22.8. The minimum atomic E-state index is -3.96. The van der Waals surface area contributed by atoms with E-state index in [0.717, 1.165) is 90.8 Å². The van der Waals surface area contributed by atoms with Gasteiger partial charge in [-0.2, -0.15) is 5.90 Å². The van der Waals surface area contributed by atoms with E-state index < -0.39 is 90.1 Å². The fraction of sp³-hybridized carbons (Fsp3) is 0.366. The molecule has 4 aliphatic rings. The van der Waals surface area contributed by atoms with E-state index in [-0.39, 0.29) is 45.3 Å². The van der Waals surface area contributed by atoms with Crippen molar-refractivity contribution in [2.45, 2.75) is 182 Å². The number of esters is 1. The number of allylic oxidation sites excluding steroid dienone is 4. The zero-order chi connectivity index (χ0) is 88.1. The second kappa shape index (κ2) is 58.5. The number of ketones is 1. The number of methoxy groups -OCH3 is 1. The van der Waals surface area contributed by atoms with Crippen molar-refractivity contribution in [3.63, 3.8) is 0 Å². The summed E-state index contributed by atoms with van der Waals surface area (Å²) in [5.41, 5.74) is 4.65. The number of nitrogens with one attached hydrogen (secondary N) is 2. The van der Waals surface area contributed by atoms with Crippen molar-refractivity contribution < 1.29 is 97.4 Å². The number of aliphatic carboxylic acids is 2. The van der Waals surface area contributed by atoms with E-state index in [2.05, 4.69) is 102 Å². The molecule has 0 spiro atoms. The van der Waals surface area contributed by atoms with Crippen LogP contribution in [0.15, 0.2) is 228 Å². The largest absolute Gasteiger partial charge is 0.480 e. The molecule has 4 amide bonds. The number of carbonyl (C=O) groups excluding carboxylic acids is 6. The maximum absolute atomic E-state index is 12.2. The van der Waals surface area contributed by atoms with Crippen LogP contribution in [0.25, 0.3) is 0 Å². The Morgan fingerprint density at radius 3 is 1.10 bits per heavy atom. The van der Waals surface area contributed by atoms with E-state index in [1.54, 1.807) is 57.9 Å². The summed E-state index contributed by atoms with van der Waals surface area (Å²) in [5.74, 6) is 1.18. The third-order valence-corrected chi connectivity index (χ3v) is 22.0. The fourth-order valence-electron chi connectivity index (χ4n) is 9.89. The van der Waals surface area contributed by atoms with Gasteiger partial charge in [-0.05, 0) is 170 Å². The number of ether oxygens (including phenoxy) is 3. The summed E-state index contributed by atoms with van der Waals surface area (Å²) in [6.07, 6.45) is 16.2. The maximum Gasteiger partial charge on any atom is 0.410 e. The van der Waals surface area contributed by atoms with Crippen molar-refractivity contribution in [3.8, 4) is 0 Å². The van der Waals surface area contributed by atoms with Crippen LogP contribution >= 0.6 is 30.8 Å². The molecule has 4 saturated heterocycles. The van der Waals surface area contributed by atoms with Gasteiger partial charge in [-0.15, -0.1) is 35.6 Å². The molecule has 0 aliphatic carbocycles. The van der Waals surface area contributed by atoms with Gasteiger partial charge in [-0.25, -0.2) is 63.8 Å². The van der Waals surface area contributed by atoms with E-state index in [1.807, 2.05) is 98.8 Å². The monoisotopic (exact) mass is 1740 g/mol. The molecule has 6 aromatic rings. The highest BCUT2D eigenvalue weighted by Crippen LogP contribution is 2.26. The van der Waals surface area contributed by atoms with Crippen molar-refractivity contribution in [3.05, 3.63) is 242 Å². The quantitative estimate of drug-likeness (QED) is 0.00537. The SMILES string of the molecule is C=CCC.C=CCC.C=CCC.C=CCC.CC(=O)c1ccc(SOON)cc1.COC(=O)c1ccc(S(=O)(=O)NC(=O)[C@@H]2CCCN2P)cc1.Cc1ccc(S(=O)(=O)NC(=O)[C@@H]2CCCN2P)cc1.Cc1ccc(S(N)(=O)=O)cc1.O=C(O)[C@@H]1CCCN1C(=O)OCc1ccccc1.O=C(O)[C@@H]1CCCN1C(=O)OCc1ccccc1. The van der Waals surface area contributed by atoms with Gasteiger partial charge in [-0.1, -0.05) is 179 Å². The Morgan fingerprint density at radius 2 is 0.812 bits per heavy atom. The van der Waals surface area contributed by atoms with E-state index in [4.69, 9.17) is 24.8 Å². The molecule has 8 N–H and O–H groups in total. The Morgan fingerprint density at radius 1 is 0.496 bits per heavy atom. The Labute approximate surface area is 698 Å². The molecule has 2 unspecified atom stereocenters. The van der Waals surface area contributed by atoms with E-state index in [1.165, 1.54) is 72.4 Å². The normalized spacial score (nSPS) is 15.7. The smallest absolute Gasteiger partial charge is 0.410 e. The molecular weight excluding hydrogens is 1620 g/mol. The standard InChI is InChI=1S/C13H17N2O5PS.2C13H15NO4.C12H17N2O3PS.C8H9NO3S.C7H9NO2S.4C4H8/c1-20-13(17)9-4-6-10(7-5-9)22(18,19)14-12(16)11-3-2-8-15(11)21;2*15-12(16)11-7-4-8-14(11)13(17)18-9-10-5-2-1-3-6-10;1-9-4-6-10(7-5-9)19(16,17)13-12(15)11-3-2-8-14(11)18;1-6(10)7-2-4-8(5-3-7)13-12-11-9;1-6-2-4-7(5-3-6)11(8,9)10;4*1-3-4-2/h4-7,11H,2-3,8,21H2,1H3,(H,14,16);2*1-3,5-6,11H,4,7-9H2,(H,15,16);4-7,11H,2-3,8,18H2,1H3,(H,13,15);2-5H,9H2,1H3;2-5H,1H3,(H2,8,9,10);4*3H,1,4H2,2H3/t4*11-;;;;;;/m0000....../s1. The van der Waals surface area contributed by atoms with E-state index in [9.17, 15) is 63.6 Å². The van der Waals surface area contributed by atoms with Crippen molar-refractivity contribution in [1.82, 2.24) is 28.6 Å². The van der Waals surface area contributed by atoms with Crippen LogP contribution in [0.3, 0.4) is 0 Å². The van der Waals surface area contributed by atoms with E-state index in [0.29, 0.717) is 57.2 Å². The number of likely N-dealkylation sites (tertiary alicyclic amines) is 2. The van der Waals surface area contributed by atoms with Crippen LogP contribution in [0.2, 0.25) is 0 Å². The molecule has 0 radical (unpaired) electrons. The van der Waals surface area contributed by atoms with Gasteiger partial charge in [0.05, 0.1) is 51.5 Å². The van der Waals surface area contributed by atoms with Gasteiger partial charge in [0.2, 0.25) is 10.0 Å². The van der Waals surface area contributed by atoms with Crippen LogP contribution in [0, 0.1) is 13.8 Å². The molecule has 6 atom stereocenters. The molecule has 29 nitrogen and oxygen atoms in total. The first-order valence-electron chi connectivity index (χ1n) is 37.2. The van der Waals surface area contributed by atoms with Crippen LogP contribution in [-0.2, 0) is 86.0 Å². The summed E-state index contributed by atoms with van der Waals surface area (Å²) >= 11 is 0.982. The molecule has 642 valence electrons. The highest BCUT2D eigenvalue weighted by Gasteiger charge is 2.37. The molecule has 0 bridgehead atoms. The lowest BCUT2D eigenvalue weighted by atomic mass is 10.2. The van der Waals surface area contributed by atoms with Crippen LogP contribution < -0.4 is 20.5 Å². The minimum Gasteiger partial charge on any atom is -0.480 e. The van der Waals surface area contributed by atoms with Gasteiger partial charge in [0, 0.05) is 36.6 Å². The molecule has 0 saturated carbocycles. The number of Topliss-reactive ketones (excluding diaryl/α,β-unsaturated/α-hetero) is 1. The van der Waals surface area contributed by atoms with Gasteiger partial charge >= 0.3 is 30.1 Å². The molecule has 4 heterocycles. The van der Waals surface area contributed by atoms with Crippen LogP contribution in [-0.4, -0.2) is 160 Å². The summed E-state index contributed by atoms with van der Waals surface area (Å²) in [4.78, 5) is 99.1. The van der Waals surface area contributed by atoms with Crippen molar-refractivity contribution in [1.29, 1.82) is 0 Å². The fourth-order valence-corrected chi connectivity index (χ4v) is 13.7. The number of nitrogens with zero attached hydrogens (tertiary/aromatic N) is 4. The molecular formula is C82H114N8O21P2S4. The predicted octanol–water partition coefficient (Wildman–Crippen LogP) is 14.0. The van der Waals surface area contributed by atoms with Gasteiger partial charge in [0.25, 0.3) is 31.9 Å². The number of carboxylic acids is 2. The first-order chi connectivity index (χ1) is 55.5. The van der Waals surface area contributed by atoms with Crippen molar-refractivity contribution in [2.75, 3.05) is 33.3 Å². The number of carboxylic acid groups (broad SMARTS) is 2. The molecule has 6 aromatic carbocycles. The third kappa shape index (κ3) is 42.1. The van der Waals surface area contributed by atoms with Crippen molar-refractivity contribution >= 4 is 109 Å². The lowest BCUT2D eigenvalue weighted by molar-refractivity contribution is -0.195. The molecule has 10 rings (SSSR count). The van der Waals surface area contributed by atoms with Crippen LogP contribution in [0.4, 0.5) is 9.59 Å². The second-order valence-corrected chi connectivity index (χ2v) is 32.5. The Balaban J connectivity index is 0.000000682. The minimum absolute atomic E-state index is 0.0348. The average Bonchev–Trinajstić information content (AvgIpc) is 1.82. The number of carbonyl (C=O) groups is 8. The lowest BCUT2D eigenvalue weighted by Gasteiger charge is -2.20. The number of benzene rings is 6. The van der Waals surface area contributed by atoms with Crippen LogP contribution in [0.5, 0.6) is 0 Å². The number of rotatable bonds is 22. The van der Waals surface area contributed by atoms with Crippen molar-refractivity contribution in [2.24, 2.45) is 11.0 Å². The second-order valence-electron chi connectivity index (χ2n) is 25.5. The highest BCUT2D eigenvalue weighted by atomic mass is 32.2. The Bertz CT molecular complexity index is 4270. The summed E-state index contributed by atoms with van der Waals surface area (Å²) in [7, 11) is -5.12. The zero-order valence-electron chi connectivity index (χ0n) is 67.6. The number of primary sulfonamides is 1. The van der Waals surface area contributed by atoms with Gasteiger partial charge in [0.1, 0.15) is 25.3 Å². The topological polar surface area (TPSA) is 415 Å². The third-order valence-electron chi connectivity index (χ3n) is 16.5. The molecule has 4 aliphatic heterocycles. The number of nitrogens with two attached hydrogens (primary N) is 2. The molecule has 4 fully saturated rings.